The van der Waals surface area contributed by atoms with Crippen molar-refractivity contribution in [3.63, 3.8) is 0 Å². The molecule has 10 aromatic carbocycles. The van der Waals surface area contributed by atoms with E-state index in [0.717, 1.165) is 154 Å². The fourth-order valence-corrected chi connectivity index (χ4v) is 21.9. The number of carbonyl (C=O) groups is 8. The topological polar surface area (TPSA) is 150 Å². The maximum Gasteiger partial charge on any atom is 0.261 e. The van der Waals surface area contributed by atoms with Gasteiger partial charge >= 0.3 is 0 Å². The quantitative estimate of drug-likeness (QED) is 0.0162. The Morgan fingerprint density at radius 1 is 0.213 bits per heavy atom. The Hall–Kier alpha value is -6.72. The van der Waals surface area contributed by atoms with Crippen LogP contribution in [0.15, 0.2) is 78.6 Å². The third-order valence-electron chi connectivity index (χ3n) is 24.7. The van der Waals surface area contributed by atoms with E-state index >= 15 is 38.4 Å². The third kappa shape index (κ3) is 13.0. The van der Waals surface area contributed by atoms with Crippen LogP contribution in [-0.4, -0.2) is 91.0 Å². The summed E-state index contributed by atoms with van der Waals surface area (Å²) in [6.07, 6.45) is 27.6. The molecule has 4 aliphatic rings. The van der Waals surface area contributed by atoms with Crippen molar-refractivity contribution >= 4 is 197 Å². The molecule has 10 aromatic rings. The highest BCUT2D eigenvalue weighted by Gasteiger charge is 2.46. The molecule has 14 rings (SSSR count). The van der Waals surface area contributed by atoms with Crippen molar-refractivity contribution in [3.8, 4) is 11.1 Å². The van der Waals surface area contributed by atoms with Crippen LogP contribution < -0.4 is 0 Å². The van der Waals surface area contributed by atoms with Gasteiger partial charge in [-0.25, -0.2) is 0 Å². The monoisotopic (exact) mass is 1710 g/mol. The molecule has 0 fully saturated rings. The summed E-state index contributed by atoms with van der Waals surface area (Å²) in [6.45, 7) is 17.3. The van der Waals surface area contributed by atoms with E-state index in [2.05, 4.69) is 119 Å². The molecule has 0 saturated heterocycles. The van der Waals surface area contributed by atoms with Gasteiger partial charge in [-0.15, -0.1) is 0 Å². The molecular weight excluding hydrogens is 1610 g/mol. The van der Waals surface area contributed by atoms with Gasteiger partial charge in [0.15, 0.2) is 0 Å². The van der Waals surface area contributed by atoms with Gasteiger partial charge in [0.05, 0.1) is 0 Å². The average Bonchev–Trinajstić information content (AvgIpc) is 0.670. The largest absolute Gasteiger partial charge is 0.271 e. The van der Waals surface area contributed by atoms with E-state index in [1.54, 1.807) is 19.6 Å². The number of carbonyl (C=O) groups excluding carboxylic acids is 8. The van der Waals surface area contributed by atoms with Crippen molar-refractivity contribution in [1.29, 1.82) is 0 Å². The summed E-state index contributed by atoms with van der Waals surface area (Å²) < 4.78 is 2.35. The fraction of sp³-hybridized carbons (Fsp3) is 0.478. The number of hydrogen-bond donors (Lipinski definition) is 0. The van der Waals surface area contributed by atoms with Crippen LogP contribution in [0.2, 0.25) is 0 Å². The minimum atomic E-state index is -0.418. The van der Waals surface area contributed by atoms with Crippen molar-refractivity contribution in [2.24, 2.45) is 0 Å². The second-order valence-electron chi connectivity index (χ2n) is 31.6. The van der Waals surface area contributed by atoms with Gasteiger partial charge in [0.2, 0.25) is 0 Å². The van der Waals surface area contributed by atoms with Gasteiger partial charge in [0, 0.05) is 151 Å². The number of unbranched alkanes of at least 4 members (excludes halogenated alkanes) is 16. The molecular formula is C92H102Br4N4O8. The molecule has 0 aliphatic carbocycles. The zero-order chi connectivity index (χ0) is 76.3. The number of fused-ring (bicyclic) bond motifs is 4. The zero-order valence-electron chi connectivity index (χ0n) is 64.3. The molecule has 0 radical (unpaired) electrons. The Labute approximate surface area is 669 Å². The number of amides is 8. The smallest absolute Gasteiger partial charge is 0.261 e. The second-order valence-corrected chi connectivity index (χ2v) is 35.1. The van der Waals surface area contributed by atoms with Crippen molar-refractivity contribution in [1.82, 2.24) is 19.6 Å². The predicted octanol–water partition coefficient (Wildman–Crippen LogP) is 27.0. The average molecular weight is 1710 g/mol. The predicted molar refractivity (Wildman–Crippen MR) is 455 cm³/mol. The minimum absolute atomic E-state index is 0.315. The number of benzene rings is 10. The van der Waals surface area contributed by atoms with Crippen LogP contribution in [0.3, 0.4) is 0 Å². The van der Waals surface area contributed by atoms with Crippen molar-refractivity contribution in [2.75, 3.05) is 0 Å². The molecule has 566 valence electrons. The van der Waals surface area contributed by atoms with Crippen LogP contribution in [0.25, 0.3) is 97.3 Å². The van der Waals surface area contributed by atoms with Gasteiger partial charge in [-0.05, 0) is 133 Å². The molecule has 0 aromatic heterocycles. The molecule has 4 heterocycles. The maximum atomic E-state index is 16.7. The van der Waals surface area contributed by atoms with Crippen LogP contribution in [0.5, 0.6) is 0 Å². The van der Waals surface area contributed by atoms with E-state index in [1.165, 1.54) is 0 Å². The van der Waals surface area contributed by atoms with Gasteiger partial charge in [0.1, 0.15) is 0 Å². The summed E-state index contributed by atoms with van der Waals surface area (Å²) in [5, 5.41) is 9.84. The number of rotatable bonds is 37. The highest BCUT2D eigenvalue weighted by Crippen LogP contribution is 2.58. The summed E-state index contributed by atoms with van der Waals surface area (Å²) in [6, 6.07) is 17.7. The normalized spacial score (nSPS) is 14.8. The Kier molecular flexibility index (Phi) is 23.8. The summed E-state index contributed by atoms with van der Waals surface area (Å²) >= 11 is 16.5. The van der Waals surface area contributed by atoms with Crippen molar-refractivity contribution in [3.05, 3.63) is 123 Å². The van der Waals surface area contributed by atoms with E-state index in [9.17, 15) is 0 Å². The number of halogens is 4. The van der Waals surface area contributed by atoms with E-state index in [4.69, 9.17) is 0 Å². The summed E-state index contributed by atoms with van der Waals surface area (Å²) in [5.41, 5.74) is 4.07. The molecule has 16 heteroatoms. The lowest BCUT2D eigenvalue weighted by atomic mass is 9.76. The summed E-state index contributed by atoms with van der Waals surface area (Å²) in [5.74, 6) is -2.97. The first-order valence-electron chi connectivity index (χ1n) is 41.2. The lowest BCUT2D eigenvalue weighted by Crippen LogP contribution is -2.47. The Morgan fingerprint density at radius 2 is 0.407 bits per heavy atom. The molecule has 0 atom stereocenters. The Bertz CT molecular complexity index is 4950. The van der Waals surface area contributed by atoms with Crippen LogP contribution >= 0.6 is 63.7 Å². The van der Waals surface area contributed by atoms with Gasteiger partial charge in [-0.1, -0.05) is 285 Å². The first kappa shape index (κ1) is 78.0. The maximum absolute atomic E-state index is 16.7. The second kappa shape index (κ2) is 32.9. The Morgan fingerprint density at radius 3 is 0.630 bits per heavy atom. The molecule has 0 spiro atoms. The molecule has 108 heavy (non-hydrogen) atoms. The van der Waals surface area contributed by atoms with Crippen LogP contribution in [0, 0.1) is 0 Å². The molecule has 0 N–H and O–H groups in total. The van der Waals surface area contributed by atoms with Crippen molar-refractivity contribution in [2.45, 2.75) is 285 Å². The molecule has 12 nitrogen and oxygen atoms in total. The fourth-order valence-electron chi connectivity index (χ4n) is 19.4. The first-order chi connectivity index (χ1) is 52.4. The Balaban J connectivity index is 1.15. The van der Waals surface area contributed by atoms with E-state index < -0.39 is 23.9 Å². The summed E-state index contributed by atoms with van der Waals surface area (Å²) in [7, 11) is 0. The summed E-state index contributed by atoms with van der Waals surface area (Å²) in [4.78, 5) is 135. The van der Waals surface area contributed by atoms with E-state index in [0.29, 0.717) is 211 Å². The lowest BCUT2D eigenvalue weighted by Gasteiger charge is -2.37. The van der Waals surface area contributed by atoms with Gasteiger partial charge in [-0.3, -0.25) is 58.0 Å². The third-order valence-corrected chi connectivity index (χ3v) is 27.2. The van der Waals surface area contributed by atoms with Crippen LogP contribution in [0.4, 0.5) is 0 Å². The molecule has 0 bridgehead atoms. The molecule has 0 unspecified atom stereocenters. The molecule has 8 amide bonds. The van der Waals surface area contributed by atoms with Crippen molar-refractivity contribution < 1.29 is 38.4 Å². The lowest BCUT2D eigenvalue weighted by molar-refractivity contribution is 0.0501. The van der Waals surface area contributed by atoms with Gasteiger partial charge in [-0.2, -0.15) is 0 Å². The number of imide groups is 4. The number of nitrogens with zero attached hydrogens (tertiary/aromatic N) is 4. The molecule has 4 aliphatic heterocycles. The highest BCUT2D eigenvalue weighted by atomic mass is 79.9. The highest BCUT2D eigenvalue weighted by molar-refractivity contribution is 9.11. The SMILES string of the molecule is CCCCCC(CCCCC)N1C(=O)c2ccc3c4c(-c5cc6c7c(cc(Br)c8c9c(Br)cc%10c%11c(ccc(c5c78)c%119)C(=O)N(C(CCCCC)CCCCC)C%10=O)C(=O)N(C(CCCCC)CCCCC)C6=O)cc5c6c(cc(Br)c(c7c(Br)cc(c2c37)C1=O)c64)C(=O)N(C(CCCCC)CCCCC)C5=O. The van der Waals surface area contributed by atoms with Crippen LogP contribution in [0.1, 0.15) is 344 Å². The van der Waals surface area contributed by atoms with Gasteiger partial charge in [0.25, 0.3) is 47.3 Å². The standard InChI is InChI=1S/C92H102Br4N4O8/c1-9-17-25-33-51(34-26-18-10-2)97-85(101)57-43-41-55-71-59(45-61-75-65(91(107)99(87(61)103)53(37-29-21-13-5)38-30-22-14-6)49-69(95)81(83(71)75)79-67(93)47-63(89(97)105)73(57)77(55)79)60-46-62-76-66(92(108)100(88(62)104)54(39-31-23-15-7)40-32-24-16-8)50-70(96)82-80-68(94)48-64-74-58(44-42-56(78(74)80)72(60)84(76)82)86(102)98(90(64)106)52(35-27-19-11-3)36-28-20-12-4/h41-54H,9-40H2,1-8H3. The zero-order valence-corrected chi connectivity index (χ0v) is 70.6. The molecule has 0 saturated carbocycles. The van der Waals surface area contributed by atoms with E-state index in [-0.39, 0.29) is 47.5 Å². The van der Waals surface area contributed by atoms with Crippen LogP contribution in [-0.2, 0) is 0 Å². The number of hydrogen-bond acceptors (Lipinski definition) is 8. The first-order valence-corrected chi connectivity index (χ1v) is 44.3. The van der Waals surface area contributed by atoms with Gasteiger partial charge < -0.3 is 0 Å². The van der Waals surface area contributed by atoms with E-state index in [1.807, 2.05) is 60.7 Å². The minimum Gasteiger partial charge on any atom is -0.271 e.